The van der Waals surface area contributed by atoms with Gasteiger partial charge in [-0.2, -0.15) is 0 Å². The van der Waals surface area contributed by atoms with E-state index < -0.39 is 191 Å². The summed E-state index contributed by atoms with van der Waals surface area (Å²) in [5.74, 6) is -17.0. The molecule has 4 aromatic rings. The molecule has 50 heteroatoms. The van der Waals surface area contributed by atoms with E-state index in [1.54, 1.807) is 36.4 Å². The molecule has 2 heterocycles. The van der Waals surface area contributed by atoms with Crippen LogP contribution in [0.25, 0.3) is 10.8 Å². The number of unbranched alkanes of at least 4 members (excludes halogenated alkanes) is 2. The highest BCUT2D eigenvalue weighted by Gasteiger charge is 2.42. The summed E-state index contributed by atoms with van der Waals surface area (Å²) in [5.41, 5.74) is 69.7. The Labute approximate surface area is 800 Å². The molecule has 0 saturated carbocycles. The van der Waals surface area contributed by atoms with E-state index in [-0.39, 0.29) is 203 Å². The summed E-state index contributed by atoms with van der Waals surface area (Å²) in [5, 5.41) is 67.6. The van der Waals surface area contributed by atoms with E-state index in [4.69, 9.17) is 68.8 Å². The molecule has 2 aliphatic rings. The minimum absolute atomic E-state index is 0.0188. The van der Waals surface area contributed by atoms with Crippen molar-refractivity contribution in [3.05, 3.63) is 108 Å². The predicted octanol–water partition coefficient (Wildman–Crippen LogP) is -6.16. The fraction of sp³-hybridized carbons (Fsp3) is 0.529. The first-order valence-electron chi connectivity index (χ1n) is 45.2. The monoisotopic (exact) mass is 1950 g/mol. The smallest absolute Gasteiger partial charge is 0.326 e. The molecule has 137 heavy (non-hydrogen) atoms. The van der Waals surface area contributed by atoms with Crippen molar-refractivity contribution in [2.45, 2.75) is 226 Å². The highest BCUT2D eigenvalue weighted by molar-refractivity contribution is 8.76. The lowest BCUT2D eigenvalue weighted by Gasteiger charge is -2.31. The highest BCUT2D eigenvalue weighted by Crippen LogP contribution is 2.27. The van der Waals surface area contributed by atoms with Gasteiger partial charge in [-0.1, -0.05) is 88.3 Å². The van der Waals surface area contributed by atoms with Crippen LogP contribution in [0.4, 0.5) is 4.79 Å². The Morgan fingerprint density at radius 3 is 1.40 bits per heavy atom. The standard InChI is InChI=1S/C87H134N30O18S2/c1-48(105-70(121)56(90)16-8-36-100-83(91)92)69(120)112-65(45-51-24-29-52-14-2-3-15-53(52)42-51)77(128)116-67-47-137-136-46-66(78(129)111-62(82(133)134)22-12-39-103-86(97)98)115-74(125)60(21-11-40-104-87(99)135)107-72(123)59(20-10-38-102-85(95)96)109-76(127)64(44-50-27-32-55(119)33-28-50)114-80(131)68-23-13-41-117(68)81(132)61(18-5-7-35-89)110-73(124)57(17-4-6-34-88)106-71(122)58(19-9-37-101-84(93)94)108-75(126)63(113-79(67)130)43-49-25-30-54(118)31-26-49/h2-3,14-15,24-33,42,48,56-68,118-119H,4-13,16-23,34-41,43-47,88-90H2,1H3,(H,105,121)(H,106,122)(H,107,123)(H,108,126)(H,109,127)(H,110,124)(H,111,129)(H,112,120)(H,113,130)(H,114,131)(H,115,125)(H,116,128)(H,133,134)(H4,91,92,100)(H4,93,94,101)(H4,95,96,102)(H4,97,98,103)(H3,99,104,135)/t48-,56-,57-,58-,59-,60-,61+,62-,63-,64-,65-,66-,67-,68-/m0/s1. The fourth-order valence-corrected chi connectivity index (χ4v) is 17.0. The minimum Gasteiger partial charge on any atom is -0.508 e. The second kappa shape index (κ2) is 59.2. The first-order valence-corrected chi connectivity index (χ1v) is 47.7. The zero-order chi connectivity index (χ0) is 101. The molecular weight excluding hydrogens is 1820 g/mol. The molecular formula is C87H134N30O18S2. The van der Waals surface area contributed by atoms with Gasteiger partial charge in [0.15, 0.2) is 23.8 Å². The number of hydrogen-bond acceptors (Lipinski definition) is 26. The number of benzene rings is 4. The number of phenols is 2. The Kier molecular flexibility index (Phi) is 48.4. The van der Waals surface area contributed by atoms with Gasteiger partial charge >= 0.3 is 12.0 Å². The lowest BCUT2D eigenvalue weighted by molar-refractivity contribution is -0.142. The average molecular weight is 1950 g/mol. The van der Waals surface area contributed by atoms with Gasteiger partial charge in [-0.25, -0.2) is 9.59 Å². The summed E-state index contributed by atoms with van der Waals surface area (Å²) in [6, 6.07) is 0.218. The van der Waals surface area contributed by atoms with E-state index in [1.807, 2.05) is 6.07 Å². The van der Waals surface area contributed by atoms with Crippen molar-refractivity contribution in [2.75, 3.05) is 63.9 Å². The van der Waals surface area contributed by atoms with Gasteiger partial charge in [0.05, 0.1) is 6.04 Å². The predicted molar refractivity (Wildman–Crippen MR) is 518 cm³/mol. The van der Waals surface area contributed by atoms with E-state index in [0.29, 0.717) is 34.9 Å². The SMILES string of the molecule is C[C@H](NC(=O)[C@@H](N)CCCN=C(N)N)C(=O)N[C@@H](Cc1ccc2ccccc2c1)C(=O)N[C@H]1CSSC[C@@H](C(=O)N[C@@H](CCCN=C(N)N)C(=O)O)NC(=O)[C@H](CCCNC(N)=O)NC(=O)[C@H](CCCN=C(N)N)NC(=O)[C@H](Cc2ccc(O)cc2)NC(=O)[C@@H]2CCCN2C(=O)[C@@H](CCCCN)NC(=O)[C@H](CCCCN)NC(=O)[C@H](CCCN=C(N)N)NC(=O)[C@H](Cc2ccc(O)cc2)NC1=O. The maximum absolute atomic E-state index is 15.9. The topological polar surface area (TPSA) is 838 Å². The summed E-state index contributed by atoms with van der Waals surface area (Å²) in [7, 11) is 1.51. The number of aliphatic carboxylic acids is 1. The Hall–Kier alpha value is -13.8. The van der Waals surface area contributed by atoms with Crippen molar-refractivity contribution in [2.24, 2.45) is 88.8 Å². The molecule has 0 aliphatic carbocycles. The lowest BCUT2D eigenvalue weighted by atomic mass is 10.0. The van der Waals surface area contributed by atoms with Gasteiger partial charge in [0.25, 0.3) is 0 Å². The van der Waals surface area contributed by atoms with Gasteiger partial charge in [-0.05, 0) is 187 Å². The number of carboxylic acid groups (broad SMARTS) is 1. The van der Waals surface area contributed by atoms with Crippen LogP contribution in [0, 0.1) is 0 Å². The number of hydrogen-bond donors (Lipinski definition) is 28. The van der Waals surface area contributed by atoms with Crippen LogP contribution in [0.15, 0.2) is 111 Å². The number of primary amides is 1. The molecule has 0 radical (unpaired) electrons. The van der Waals surface area contributed by atoms with Gasteiger partial charge in [0.1, 0.15) is 90.0 Å². The molecule has 2 fully saturated rings. The number of carbonyl (C=O) groups is 15. The number of nitrogens with one attached hydrogen (secondary N) is 13. The largest absolute Gasteiger partial charge is 0.508 e. The summed E-state index contributed by atoms with van der Waals surface area (Å²) >= 11 is 0. The highest BCUT2D eigenvalue weighted by atomic mass is 33.1. The quantitative estimate of drug-likeness (QED) is 0.00849. The Morgan fingerprint density at radius 2 is 0.898 bits per heavy atom. The molecule has 0 unspecified atom stereocenters. The van der Waals surface area contributed by atoms with Crippen molar-refractivity contribution < 1.29 is 87.2 Å². The molecule has 48 nitrogen and oxygen atoms in total. The molecule has 6 rings (SSSR count). The second-order valence-corrected chi connectivity index (χ2v) is 35.6. The normalized spacial score (nSPS) is 20.6. The number of amides is 15. The van der Waals surface area contributed by atoms with Crippen LogP contribution in [0.3, 0.4) is 0 Å². The third-order valence-electron chi connectivity index (χ3n) is 22.1. The number of aliphatic imine (C=N–C) groups is 4. The Morgan fingerprint density at radius 1 is 0.460 bits per heavy atom. The maximum atomic E-state index is 15.9. The number of phenolic OH excluding ortho intramolecular Hbond substituents is 2. The van der Waals surface area contributed by atoms with Gasteiger partial charge < -0.3 is 158 Å². The van der Waals surface area contributed by atoms with Gasteiger partial charge in [0, 0.05) is 70.0 Å². The minimum atomic E-state index is -1.85. The van der Waals surface area contributed by atoms with Crippen molar-refractivity contribution in [3.63, 3.8) is 0 Å². The van der Waals surface area contributed by atoms with Crippen molar-refractivity contribution in [3.8, 4) is 11.5 Å². The lowest BCUT2D eigenvalue weighted by Crippen LogP contribution is -2.61. The van der Waals surface area contributed by atoms with E-state index in [2.05, 4.69) is 89.1 Å². The van der Waals surface area contributed by atoms with Gasteiger partial charge in [0.2, 0.25) is 76.8 Å². The van der Waals surface area contributed by atoms with Crippen LogP contribution >= 0.6 is 21.6 Å². The van der Waals surface area contributed by atoms with Gasteiger partial charge in [-0.15, -0.1) is 0 Å². The fourth-order valence-electron chi connectivity index (χ4n) is 14.7. The molecule has 2 aliphatic heterocycles. The number of carboxylic acids is 1. The first-order chi connectivity index (χ1) is 65.3. The summed E-state index contributed by atoms with van der Waals surface area (Å²) in [6.07, 6.45) is -0.945. The van der Waals surface area contributed by atoms with E-state index in [1.165, 1.54) is 60.4 Å². The molecule has 0 bridgehead atoms. The summed E-state index contributed by atoms with van der Waals surface area (Å²) in [4.78, 5) is 239. The zero-order valence-electron chi connectivity index (χ0n) is 76.6. The number of aromatic hydroxyl groups is 2. The maximum Gasteiger partial charge on any atom is 0.326 e. The number of guanidine groups is 4. The Balaban J connectivity index is 1.59. The molecule has 0 aromatic heterocycles. The number of urea groups is 1. The van der Waals surface area contributed by atoms with Crippen LogP contribution in [0.1, 0.15) is 139 Å². The van der Waals surface area contributed by atoms with Crippen LogP contribution < -0.4 is 138 Å². The van der Waals surface area contributed by atoms with Crippen LogP contribution in [0.5, 0.6) is 11.5 Å². The average Bonchev–Trinajstić information content (AvgIpc) is 1.63. The van der Waals surface area contributed by atoms with Crippen LogP contribution in [-0.4, -0.2) is 281 Å². The van der Waals surface area contributed by atoms with Crippen molar-refractivity contribution in [1.82, 2.24) is 74.0 Å². The molecule has 2 saturated heterocycles. The zero-order valence-corrected chi connectivity index (χ0v) is 78.2. The van der Waals surface area contributed by atoms with Gasteiger partial charge in [-0.3, -0.25) is 82.3 Å². The summed E-state index contributed by atoms with van der Waals surface area (Å²) in [6.45, 7) is 1.15. The number of nitrogens with two attached hydrogens (primary N) is 12. The number of nitrogens with zero attached hydrogens (tertiary/aromatic N) is 5. The molecule has 0 spiro atoms. The summed E-state index contributed by atoms with van der Waals surface area (Å²) < 4.78 is 0. The molecule has 40 N–H and O–H groups in total. The van der Waals surface area contributed by atoms with E-state index in [9.17, 15) is 34.5 Å². The second-order valence-electron chi connectivity index (χ2n) is 33.0. The molecule has 4 aromatic carbocycles. The molecule has 14 atom stereocenters. The van der Waals surface area contributed by atoms with Crippen LogP contribution in [-0.2, 0) is 86.4 Å². The van der Waals surface area contributed by atoms with Crippen molar-refractivity contribution >= 4 is 145 Å². The number of carbonyl (C=O) groups excluding carboxylic acids is 14. The third-order valence-corrected chi connectivity index (χ3v) is 24.5. The van der Waals surface area contributed by atoms with Crippen molar-refractivity contribution in [1.29, 1.82) is 0 Å². The molecule has 752 valence electrons. The van der Waals surface area contributed by atoms with E-state index >= 15 is 52.7 Å². The number of rotatable bonds is 43. The van der Waals surface area contributed by atoms with E-state index in [0.717, 1.165) is 27.0 Å². The van der Waals surface area contributed by atoms with Crippen LogP contribution in [0.2, 0.25) is 0 Å². The third kappa shape index (κ3) is 40.8. The number of fused-ring (bicyclic) bond motifs is 2. The first kappa shape index (κ1) is 112. The Bertz CT molecular complexity index is 4830. The molecule has 15 amide bonds.